The SMILES string of the molecule is COc1ncccc1-c1cccc(OC(F)F)c1. The van der Waals surface area contributed by atoms with Gasteiger partial charge in [0.2, 0.25) is 5.88 Å². The van der Waals surface area contributed by atoms with Crippen LogP contribution in [0.5, 0.6) is 11.6 Å². The van der Waals surface area contributed by atoms with Crippen LogP contribution in [0.15, 0.2) is 42.6 Å². The molecular weight excluding hydrogens is 240 g/mol. The Bertz CT molecular complexity index is 532. The quantitative estimate of drug-likeness (QED) is 0.835. The van der Waals surface area contributed by atoms with Gasteiger partial charge in [-0.1, -0.05) is 12.1 Å². The number of halogens is 2. The van der Waals surface area contributed by atoms with Gasteiger partial charge < -0.3 is 9.47 Å². The van der Waals surface area contributed by atoms with Crippen LogP contribution in [0.3, 0.4) is 0 Å². The molecule has 0 saturated heterocycles. The average molecular weight is 251 g/mol. The van der Waals surface area contributed by atoms with E-state index in [4.69, 9.17) is 4.74 Å². The van der Waals surface area contributed by atoms with Gasteiger partial charge in [-0.3, -0.25) is 0 Å². The number of hydrogen-bond acceptors (Lipinski definition) is 3. The van der Waals surface area contributed by atoms with E-state index in [9.17, 15) is 8.78 Å². The molecule has 0 aliphatic rings. The third-order valence-electron chi connectivity index (χ3n) is 2.33. The zero-order chi connectivity index (χ0) is 13.0. The highest BCUT2D eigenvalue weighted by atomic mass is 19.3. The molecular formula is C13H11F2NO2. The minimum Gasteiger partial charge on any atom is -0.481 e. The van der Waals surface area contributed by atoms with Crippen molar-refractivity contribution < 1.29 is 18.3 Å². The molecule has 2 aromatic rings. The zero-order valence-corrected chi connectivity index (χ0v) is 9.64. The van der Waals surface area contributed by atoms with Gasteiger partial charge in [0.05, 0.1) is 7.11 Å². The van der Waals surface area contributed by atoms with Crippen molar-refractivity contribution in [3.05, 3.63) is 42.6 Å². The van der Waals surface area contributed by atoms with Crippen LogP contribution in [0.2, 0.25) is 0 Å². The van der Waals surface area contributed by atoms with Gasteiger partial charge in [0, 0.05) is 11.8 Å². The molecule has 0 aliphatic heterocycles. The first-order valence-corrected chi connectivity index (χ1v) is 5.25. The third kappa shape index (κ3) is 2.74. The average Bonchev–Trinajstić information content (AvgIpc) is 2.38. The van der Waals surface area contributed by atoms with Crippen molar-refractivity contribution in [1.82, 2.24) is 4.98 Å². The van der Waals surface area contributed by atoms with Crippen molar-refractivity contribution in [1.29, 1.82) is 0 Å². The Morgan fingerprint density at radius 3 is 2.72 bits per heavy atom. The summed E-state index contributed by atoms with van der Waals surface area (Å²) in [5.74, 6) is 0.542. The molecule has 1 heterocycles. The van der Waals surface area contributed by atoms with Gasteiger partial charge in [0.25, 0.3) is 0 Å². The fourth-order valence-electron chi connectivity index (χ4n) is 1.61. The molecule has 0 atom stereocenters. The van der Waals surface area contributed by atoms with E-state index in [1.807, 2.05) is 0 Å². The lowest BCUT2D eigenvalue weighted by Crippen LogP contribution is -2.01. The van der Waals surface area contributed by atoms with E-state index in [2.05, 4.69) is 9.72 Å². The number of hydrogen-bond donors (Lipinski definition) is 0. The summed E-state index contributed by atoms with van der Waals surface area (Å²) in [7, 11) is 1.51. The van der Waals surface area contributed by atoms with Crippen molar-refractivity contribution in [2.75, 3.05) is 7.11 Å². The number of benzene rings is 1. The molecule has 1 aromatic carbocycles. The summed E-state index contributed by atoms with van der Waals surface area (Å²) in [4.78, 5) is 4.05. The lowest BCUT2D eigenvalue weighted by atomic mass is 10.1. The highest BCUT2D eigenvalue weighted by Gasteiger charge is 2.09. The summed E-state index contributed by atoms with van der Waals surface area (Å²) in [6.07, 6.45) is 1.60. The van der Waals surface area contributed by atoms with Crippen molar-refractivity contribution in [3.63, 3.8) is 0 Å². The molecule has 0 bridgehead atoms. The normalized spacial score (nSPS) is 10.4. The van der Waals surface area contributed by atoms with Crippen molar-refractivity contribution in [3.8, 4) is 22.8 Å². The summed E-state index contributed by atoms with van der Waals surface area (Å²) in [6, 6.07) is 9.95. The Balaban J connectivity index is 2.38. The van der Waals surface area contributed by atoms with Crippen LogP contribution in [0.4, 0.5) is 8.78 Å². The third-order valence-corrected chi connectivity index (χ3v) is 2.33. The van der Waals surface area contributed by atoms with E-state index in [-0.39, 0.29) is 5.75 Å². The lowest BCUT2D eigenvalue weighted by Gasteiger charge is -2.09. The monoisotopic (exact) mass is 251 g/mol. The number of alkyl halides is 2. The standard InChI is InChI=1S/C13H11F2NO2/c1-17-12-11(6-3-7-16-12)9-4-2-5-10(8-9)18-13(14)15/h2-8,13H,1H3. The van der Waals surface area contributed by atoms with E-state index in [0.29, 0.717) is 11.4 Å². The Morgan fingerprint density at radius 2 is 2.00 bits per heavy atom. The van der Waals surface area contributed by atoms with Gasteiger partial charge in [0.15, 0.2) is 0 Å². The molecule has 0 amide bonds. The molecule has 0 unspecified atom stereocenters. The van der Waals surface area contributed by atoms with E-state index < -0.39 is 6.61 Å². The maximum absolute atomic E-state index is 12.1. The van der Waals surface area contributed by atoms with Gasteiger partial charge >= 0.3 is 6.61 Å². The van der Waals surface area contributed by atoms with Crippen LogP contribution in [0, 0.1) is 0 Å². The van der Waals surface area contributed by atoms with Gasteiger partial charge in [-0.05, 0) is 29.8 Å². The lowest BCUT2D eigenvalue weighted by molar-refractivity contribution is -0.0498. The second kappa shape index (κ2) is 5.44. The van der Waals surface area contributed by atoms with E-state index >= 15 is 0 Å². The summed E-state index contributed by atoms with van der Waals surface area (Å²) in [6.45, 7) is -2.84. The van der Waals surface area contributed by atoms with E-state index in [0.717, 1.165) is 5.56 Å². The fraction of sp³-hybridized carbons (Fsp3) is 0.154. The Hall–Kier alpha value is -2.17. The number of rotatable bonds is 4. The minimum atomic E-state index is -2.84. The van der Waals surface area contributed by atoms with Gasteiger partial charge in [-0.15, -0.1) is 0 Å². The second-order valence-electron chi connectivity index (χ2n) is 3.47. The maximum atomic E-state index is 12.1. The van der Waals surface area contributed by atoms with Crippen LogP contribution >= 0.6 is 0 Å². The summed E-state index contributed by atoms with van der Waals surface area (Å²) < 4.78 is 33.8. The first-order chi connectivity index (χ1) is 8.70. The molecule has 3 nitrogen and oxygen atoms in total. The van der Waals surface area contributed by atoms with E-state index in [1.54, 1.807) is 30.5 Å². The maximum Gasteiger partial charge on any atom is 0.387 e. The Morgan fingerprint density at radius 1 is 1.17 bits per heavy atom. The number of nitrogens with zero attached hydrogens (tertiary/aromatic N) is 1. The molecule has 5 heteroatoms. The molecule has 0 fully saturated rings. The van der Waals surface area contributed by atoms with Gasteiger partial charge in [-0.2, -0.15) is 8.78 Å². The van der Waals surface area contributed by atoms with Crippen molar-refractivity contribution >= 4 is 0 Å². The molecule has 94 valence electrons. The van der Waals surface area contributed by atoms with Crippen LogP contribution in [0.1, 0.15) is 0 Å². The first-order valence-electron chi connectivity index (χ1n) is 5.25. The van der Waals surface area contributed by atoms with E-state index in [1.165, 1.54) is 19.2 Å². The summed E-state index contributed by atoms with van der Waals surface area (Å²) >= 11 is 0. The highest BCUT2D eigenvalue weighted by molar-refractivity contribution is 5.69. The van der Waals surface area contributed by atoms with Crippen LogP contribution in [0.25, 0.3) is 11.1 Å². The Labute approximate surface area is 103 Å². The molecule has 0 aliphatic carbocycles. The number of aromatic nitrogens is 1. The fourth-order valence-corrected chi connectivity index (χ4v) is 1.61. The van der Waals surface area contributed by atoms with Crippen LogP contribution in [-0.2, 0) is 0 Å². The first kappa shape index (κ1) is 12.3. The van der Waals surface area contributed by atoms with Gasteiger partial charge in [-0.25, -0.2) is 4.98 Å². The molecule has 0 saturated carbocycles. The molecule has 1 aromatic heterocycles. The highest BCUT2D eigenvalue weighted by Crippen LogP contribution is 2.30. The smallest absolute Gasteiger partial charge is 0.387 e. The molecule has 0 N–H and O–H groups in total. The second-order valence-corrected chi connectivity index (χ2v) is 3.47. The predicted molar refractivity (Wildman–Crippen MR) is 62.9 cm³/mol. The Kier molecular flexibility index (Phi) is 3.72. The number of ether oxygens (including phenoxy) is 2. The largest absolute Gasteiger partial charge is 0.481 e. The van der Waals surface area contributed by atoms with Crippen molar-refractivity contribution in [2.24, 2.45) is 0 Å². The van der Waals surface area contributed by atoms with Crippen LogP contribution in [-0.4, -0.2) is 18.7 Å². The summed E-state index contributed by atoms with van der Waals surface area (Å²) in [5.41, 5.74) is 1.43. The molecule has 2 rings (SSSR count). The number of pyridine rings is 1. The topological polar surface area (TPSA) is 31.4 Å². The van der Waals surface area contributed by atoms with Crippen molar-refractivity contribution in [2.45, 2.75) is 6.61 Å². The number of methoxy groups -OCH3 is 1. The summed E-state index contributed by atoms with van der Waals surface area (Å²) in [5, 5.41) is 0. The van der Waals surface area contributed by atoms with Crippen LogP contribution < -0.4 is 9.47 Å². The molecule has 0 radical (unpaired) electrons. The van der Waals surface area contributed by atoms with Gasteiger partial charge in [0.1, 0.15) is 5.75 Å². The molecule has 18 heavy (non-hydrogen) atoms. The zero-order valence-electron chi connectivity index (χ0n) is 9.64. The molecule has 0 spiro atoms. The minimum absolute atomic E-state index is 0.105. The predicted octanol–water partition coefficient (Wildman–Crippen LogP) is 3.36.